The number of aromatic nitrogens is 1. The van der Waals surface area contributed by atoms with Crippen molar-refractivity contribution in [3.8, 4) is 0 Å². The van der Waals surface area contributed by atoms with Gasteiger partial charge in [0.15, 0.2) is 5.13 Å². The van der Waals surface area contributed by atoms with Gasteiger partial charge >= 0.3 is 5.97 Å². The Kier molecular flexibility index (Phi) is 4.33. The third-order valence-electron chi connectivity index (χ3n) is 2.44. The molecule has 2 rings (SSSR count). The number of hydrogen-bond donors (Lipinski definition) is 1. The topological polar surface area (TPSA) is 51.2 Å². The number of anilines is 1. The summed E-state index contributed by atoms with van der Waals surface area (Å²) in [6.45, 7) is 2.62. The number of carbonyl (C=O) groups is 1. The Hall–Kier alpha value is -1.40. The lowest BCUT2D eigenvalue weighted by Gasteiger charge is -2.00. The molecular formula is C12H14N2O2S2. The van der Waals surface area contributed by atoms with Crippen molar-refractivity contribution in [3.63, 3.8) is 0 Å². The minimum absolute atomic E-state index is 0.323. The number of rotatable bonds is 5. The smallest absolute Gasteiger partial charge is 0.350 e. The molecule has 0 aliphatic heterocycles. The summed E-state index contributed by atoms with van der Waals surface area (Å²) >= 11 is 3.03. The molecule has 0 spiro atoms. The number of aryl methyl sites for hydroxylation is 1. The average molecular weight is 282 g/mol. The summed E-state index contributed by atoms with van der Waals surface area (Å²) in [5, 5.41) is 8.20. The SMILES string of the molecule is COC(=O)c1sc(NCCc2ccsc2)nc1C. The van der Waals surface area contributed by atoms with Gasteiger partial charge in [-0.15, -0.1) is 0 Å². The molecule has 0 atom stereocenters. The summed E-state index contributed by atoms with van der Waals surface area (Å²) in [4.78, 5) is 16.3. The third kappa shape index (κ3) is 3.08. The van der Waals surface area contributed by atoms with Crippen molar-refractivity contribution in [3.05, 3.63) is 33.0 Å². The highest BCUT2D eigenvalue weighted by atomic mass is 32.1. The van der Waals surface area contributed by atoms with Crippen LogP contribution in [0.4, 0.5) is 5.13 Å². The van der Waals surface area contributed by atoms with Crippen LogP contribution in [0.1, 0.15) is 20.9 Å². The molecule has 0 saturated carbocycles. The van der Waals surface area contributed by atoms with Gasteiger partial charge in [-0.2, -0.15) is 11.3 Å². The van der Waals surface area contributed by atoms with Crippen molar-refractivity contribution in [1.29, 1.82) is 0 Å². The number of thiophene rings is 1. The average Bonchev–Trinajstić information content (AvgIpc) is 2.98. The monoisotopic (exact) mass is 282 g/mol. The summed E-state index contributed by atoms with van der Waals surface area (Å²) in [5.74, 6) is -0.323. The van der Waals surface area contributed by atoms with Gasteiger partial charge in [-0.05, 0) is 35.7 Å². The van der Waals surface area contributed by atoms with Gasteiger partial charge in [0.1, 0.15) is 4.88 Å². The van der Waals surface area contributed by atoms with Crippen LogP contribution in [0.3, 0.4) is 0 Å². The number of methoxy groups -OCH3 is 1. The molecule has 96 valence electrons. The van der Waals surface area contributed by atoms with Gasteiger partial charge in [0.25, 0.3) is 0 Å². The maximum Gasteiger partial charge on any atom is 0.350 e. The summed E-state index contributed by atoms with van der Waals surface area (Å²) in [6.07, 6.45) is 0.954. The first kappa shape index (κ1) is 13.0. The highest BCUT2D eigenvalue weighted by Crippen LogP contribution is 2.23. The lowest BCUT2D eigenvalue weighted by Crippen LogP contribution is -2.03. The first-order chi connectivity index (χ1) is 8.70. The second-order valence-electron chi connectivity index (χ2n) is 3.73. The second-order valence-corrected chi connectivity index (χ2v) is 5.51. The van der Waals surface area contributed by atoms with Crippen LogP contribution in [-0.2, 0) is 11.2 Å². The molecule has 1 N–H and O–H groups in total. The molecule has 4 nitrogen and oxygen atoms in total. The van der Waals surface area contributed by atoms with E-state index in [1.54, 1.807) is 11.3 Å². The maximum absolute atomic E-state index is 11.4. The van der Waals surface area contributed by atoms with Crippen LogP contribution < -0.4 is 5.32 Å². The molecule has 2 heterocycles. The zero-order chi connectivity index (χ0) is 13.0. The molecule has 18 heavy (non-hydrogen) atoms. The minimum Gasteiger partial charge on any atom is -0.465 e. The molecule has 2 aromatic rings. The molecule has 0 amide bonds. The minimum atomic E-state index is -0.323. The fourth-order valence-electron chi connectivity index (χ4n) is 1.50. The third-order valence-corrected chi connectivity index (χ3v) is 4.26. The Bertz CT molecular complexity index is 520. The van der Waals surface area contributed by atoms with Crippen molar-refractivity contribution in [2.24, 2.45) is 0 Å². The molecule has 0 fully saturated rings. The van der Waals surface area contributed by atoms with E-state index in [0.29, 0.717) is 10.6 Å². The van der Waals surface area contributed by atoms with Gasteiger partial charge in [0.2, 0.25) is 0 Å². The van der Waals surface area contributed by atoms with Crippen molar-refractivity contribution in [1.82, 2.24) is 4.98 Å². The molecule has 0 saturated heterocycles. The Labute approximate surface area is 114 Å². The molecular weight excluding hydrogens is 268 g/mol. The first-order valence-electron chi connectivity index (χ1n) is 5.51. The van der Waals surface area contributed by atoms with Gasteiger partial charge < -0.3 is 10.1 Å². The number of thiazole rings is 1. The largest absolute Gasteiger partial charge is 0.465 e. The molecule has 0 aromatic carbocycles. The summed E-state index contributed by atoms with van der Waals surface area (Å²) in [7, 11) is 1.38. The standard InChI is InChI=1S/C12H14N2O2S2/c1-8-10(11(15)16-2)18-12(14-8)13-5-3-9-4-6-17-7-9/h4,6-7H,3,5H2,1-2H3,(H,13,14). The van der Waals surface area contributed by atoms with E-state index in [1.165, 1.54) is 24.0 Å². The summed E-state index contributed by atoms with van der Waals surface area (Å²) in [6, 6.07) is 2.11. The Morgan fingerprint density at radius 1 is 1.56 bits per heavy atom. The zero-order valence-corrected chi connectivity index (χ0v) is 11.9. The quantitative estimate of drug-likeness (QED) is 0.857. The maximum atomic E-state index is 11.4. The van der Waals surface area contributed by atoms with Crippen molar-refractivity contribution < 1.29 is 9.53 Å². The molecule has 0 bridgehead atoms. The first-order valence-corrected chi connectivity index (χ1v) is 7.27. The van der Waals surface area contributed by atoms with E-state index < -0.39 is 0 Å². The molecule has 0 aliphatic carbocycles. The Balaban J connectivity index is 1.92. The highest BCUT2D eigenvalue weighted by Gasteiger charge is 2.15. The molecule has 0 aliphatic rings. The predicted molar refractivity (Wildman–Crippen MR) is 74.7 cm³/mol. The van der Waals surface area contributed by atoms with Crippen LogP contribution in [0.2, 0.25) is 0 Å². The van der Waals surface area contributed by atoms with Crippen LogP contribution >= 0.6 is 22.7 Å². The zero-order valence-electron chi connectivity index (χ0n) is 10.2. The van der Waals surface area contributed by atoms with Crippen LogP contribution in [0, 0.1) is 6.92 Å². The van der Waals surface area contributed by atoms with Gasteiger partial charge in [-0.3, -0.25) is 0 Å². The number of carbonyl (C=O) groups excluding carboxylic acids is 1. The molecule has 0 unspecified atom stereocenters. The molecule has 6 heteroatoms. The lowest BCUT2D eigenvalue weighted by atomic mass is 10.2. The van der Waals surface area contributed by atoms with E-state index in [4.69, 9.17) is 4.74 Å². The van der Waals surface area contributed by atoms with E-state index in [0.717, 1.165) is 18.1 Å². The van der Waals surface area contributed by atoms with Crippen molar-refractivity contribution in [2.75, 3.05) is 19.0 Å². The van der Waals surface area contributed by atoms with E-state index in [9.17, 15) is 4.79 Å². The fourth-order valence-corrected chi connectivity index (χ4v) is 3.12. The van der Waals surface area contributed by atoms with E-state index in [2.05, 4.69) is 27.1 Å². The normalized spacial score (nSPS) is 10.3. The molecule has 0 radical (unpaired) electrons. The van der Waals surface area contributed by atoms with E-state index in [1.807, 2.05) is 6.92 Å². The Morgan fingerprint density at radius 2 is 2.39 bits per heavy atom. The fraction of sp³-hybridized carbons (Fsp3) is 0.333. The number of nitrogens with one attached hydrogen (secondary N) is 1. The van der Waals surface area contributed by atoms with Gasteiger partial charge in [-0.1, -0.05) is 11.3 Å². The van der Waals surface area contributed by atoms with Crippen LogP contribution in [0.15, 0.2) is 16.8 Å². The lowest BCUT2D eigenvalue weighted by molar-refractivity contribution is 0.0605. The van der Waals surface area contributed by atoms with Gasteiger partial charge in [0.05, 0.1) is 12.8 Å². The van der Waals surface area contributed by atoms with Gasteiger partial charge in [-0.25, -0.2) is 9.78 Å². The van der Waals surface area contributed by atoms with E-state index >= 15 is 0 Å². The van der Waals surface area contributed by atoms with Crippen molar-refractivity contribution >= 4 is 33.8 Å². The predicted octanol–water partition coefficient (Wildman–Crippen LogP) is 2.95. The number of esters is 1. The van der Waals surface area contributed by atoms with Crippen molar-refractivity contribution in [2.45, 2.75) is 13.3 Å². The summed E-state index contributed by atoms with van der Waals surface area (Å²) in [5.41, 5.74) is 2.03. The summed E-state index contributed by atoms with van der Waals surface area (Å²) < 4.78 is 4.70. The highest BCUT2D eigenvalue weighted by molar-refractivity contribution is 7.17. The number of ether oxygens (including phenoxy) is 1. The number of nitrogens with zero attached hydrogens (tertiary/aromatic N) is 1. The van der Waals surface area contributed by atoms with Gasteiger partial charge in [0, 0.05) is 6.54 Å². The second kappa shape index (κ2) is 5.97. The van der Waals surface area contributed by atoms with Crippen LogP contribution in [0.25, 0.3) is 0 Å². The number of hydrogen-bond acceptors (Lipinski definition) is 6. The van der Waals surface area contributed by atoms with E-state index in [-0.39, 0.29) is 5.97 Å². The molecule has 2 aromatic heterocycles. The van der Waals surface area contributed by atoms with Crippen LogP contribution in [0.5, 0.6) is 0 Å². The Morgan fingerprint density at radius 3 is 3.06 bits per heavy atom. The van der Waals surface area contributed by atoms with Crippen LogP contribution in [-0.4, -0.2) is 24.6 Å².